The number of aryl methyl sites for hydroxylation is 1. The predicted octanol–water partition coefficient (Wildman–Crippen LogP) is 2.19. The van der Waals surface area contributed by atoms with Gasteiger partial charge in [-0.3, -0.25) is 30.3 Å². The summed E-state index contributed by atoms with van der Waals surface area (Å²) in [4.78, 5) is 28.9. The standard InChI is InChI=1S/C13H9N3O10S/c1-7-4-9(6-11(13(7)17)16(22)23)27(24,25)26-12-3-2-8(14(18)19)5-10(12)15(20)21/h2-6,17H,1H3. The molecule has 0 heterocycles. The van der Waals surface area contributed by atoms with Crippen LogP contribution < -0.4 is 4.18 Å². The van der Waals surface area contributed by atoms with Crippen LogP contribution in [0.1, 0.15) is 5.56 Å². The molecule has 0 saturated carbocycles. The van der Waals surface area contributed by atoms with Crippen molar-refractivity contribution in [3.8, 4) is 11.5 Å². The number of non-ortho nitro benzene ring substituents is 1. The normalized spacial score (nSPS) is 11.0. The van der Waals surface area contributed by atoms with Crippen molar-refractivity contribution in [2.75, 3.05) is 0 Å². The van der Waals surface area contributed by atoms with Crippen molar-refractivity contribution in [1.29, 1.82) is 0 Å². The molecule has 0 aliphatic carbocycles. The van der Waals surface area contributed by atoms with Crippen LogP contribution in [0.25, 0.3) is 0 Å². The molecule has 0 bridgehead atoms. The van der Waals surface area contributed by atoms with E-state index in [9.17, 15) is 43.9 Å². The summed E-state index contributed by atoms with van der Waals surface area (Å²) in [7, 11) is -4.79. The van der Waals surface area contributed by atoms with Crippen LogP contribution in [0.15, 0.2) is 35.2 Å². The summed E-state index contributed by atoms with van der Waals surface area (Å²) in [5, 5.41) is 42.3. The molecule has 0 fully saturated rings. The fourth-order valence-corrected chi connectivity index (χ4v) is 3.06. The van der Waals surface area contributed by atoms with Gasteiger partial charge in [0.1, 0.15) is 4.90 Å². The summed E-state index contributed by atoms with van der Waals surface area (Å²) >= 11 is 0. The van der Waals surface area contributed by atoms with Gasteiger partial charge in [0.15, 0.2) is 5.75 Å². The molecule has 0 spiro atoms. The molecular weight excluding hydrogens is 390 g/mol. The number of nitrogens with zero attached hydrogens (tertiary/aromatic N) is 3. The lowest BCUT2D eigenvalue weighted by atomic mass is 10.2. The fraction of sp³-hybridized carbons (Fsp3) is 0.0769. The van der Waals surface area contributed by atoms with Crippen LogP contribution in [0, 0.1) is 37.3 Å². The van der Waals surface area contributed by atoms with Gasteiger partial charge in [-0.25, -0.2) is 0 Å². The summed E-state index contributed by atoms with van der Waals surface area (Å²) in [6.45, 7) is 1.20. The summed E-state index contributed by atoms with van der Waals surface area (Å²) in [5.41, 5.74) is -2.71. The minimum absolute atomic E-state index is 0.149. The largest absolute Gasteiger partial charge is 0.502 e. The molecule has 0 unspecified atom stereocenters. The van der Waals surface area contributed by atoms with Gasteiger partial charge in [0, 0.05) is 12.1 Å². The fourth-order valence-electron chi connectivity index (χ4n) is 2.01. The van der Waals surface area contributed by atoms with E-state index in [1.165, 1.54) is 6.92 Å². The first-order valence-corrected chi connectivity index (χ1v) is 8.20. The number of hydrogen-bond donors (Lipinski definition) is 1. The zero-order valence-electron chi connectivity index (χ0n) is 13.3. The van der Waals surface area contributed by atoms with E-state index < -0.39 is 58.3 Å². The molecule has 0 aliphatic heterocycles. The molecule has 0 amide bonds. The van der Waals surface area contributed by atoms with Gasteiger partial charge in [-0.2, -0.15) is 8.42 Å². The Morgan fingerprint density at radius 1 is 0.926 bits per heavy atom. The van der Waals surface area contributed by atoms with E-state index in [2.05, 4.69) is 4.18 Å². The molecule has 0 aromatic heterocycles. The van der Waals surface area contributed by atoms with Crippen molar-refractivity contribution in [3.05, 3.63) is 66.2 Å². The highest BCUT2D eigenvalue weighted by atomic mass is 32.2. The summed E-state index contributed by atoms with van der Waals surface area (Å²) in [5.74, 6) is -1.57. The smallest absolute Gasteiger partial charge is 0.339 e. The molecule has 0 radical (unpaired) electrons. The van der Waals surface area contributed by atoms with E-state index in [1.807, 2.05) is 0 Å². The topological polar surface area (TPSA) is 193 Å². The van der Waals surface area contributed by atoms with Crippen molar-refractivity contribution in [3.63, 3.8) is 0 Å². The second-order valence-corrected chi connectivity index (χ2v) is 6.62. The van der Waals surface area contributed by atoms with Crippen LogP contribution in [0.2, 0.25) is 0 Å². The van der Waals surface area contributed by atoms with E-state index in [4.69, 9.17) is 0 Å². The van der Waals surface area contributed by atoms with Crippen molar-refractivity contribution < 1.29 is 32.5 Å². The average molecular weight is 399 g/mol. The zero-order valence-corrected chi connectivity index (χ0v) is 14.1. The van der Waals surface area contributed by atoms with Gasteiger partial charge in [0.05, 0.1) is 20.8 Å². The quantitative estimate of drug-likeness (QED) is 0.427. The van der Waals surface area contributed by atoms with E-state index >= 15 is 0 Å². The number of phenolic OH excluding ortho intramolecular Hbond substituents is 1. The molecule has 0 atom stereocenters. The third-order valence-corrected chi connectivity index (χ3v) is 4.50. The van der Waals surface area contributed by atoms with E-state index in [0.29, 0.717) is 12.1 Å². The minimum atomic E-state index is -4.79. The van der Waals surface area contributed by atoms with E-state index in [1.54, 1.807) is 0 Å². The van der Waals surface area contributed by atoms with Gasteiger partial charge in [-0.05, 0) is 24.6 Å². The number of benzene rings is 2. The molecule has 0 saturated heterocycles. The monoisotopic (exact) mass is 399 g/mol. The Hall–Kier alpha value is -3.81. The van der Waals surface area contributed by atoms with Gasteiger partial charge in [-0.15, -0.1) is 0 Å². The van der Waals surface area contributed by atoms with Crippen molar-refractivity contribution in [1.82, 2.24) is 0 Å². The van der Waals surface area contributed by atoms with Crippen LogP contribution in [0.3, 0.4) is 0 Å². The highest BCUT2D eigenvalue weighted by Crippen LogP contribution is 2.36. The lowest BCUT2D eigenvalue weighted by molar-refractivity contribution is -0.394. The Balaban J connectivity index is 2.56. The number of phenols is 1. The van der Waals surface area contributed by atoms with Crippen molar-refractivity contribution in [2.24, 2.45) is 0 Å². The Morgan fingerprint density at radius 3 is 2.04 bits per heavy atom. The molecule has 2 aromatic carbocycles. The first kappa shape index (κ1) is 19.5. The van der Waals surface area contributed by atoms with Gasteiger partial charge in [-0.1, -0.05) is 0 Å². The second-order valence-electron chi connectivity index (χ2n) is 5.07. The highest BCUT2D eigenvalue weighted by Gasteiger charge is 2.29. The number of aromatic hydroxyl groups is 1. The number of hydrogen-bond acceptors (Lipinski definition) is 10. The van der Waals surface area contributed by atoms with Crippen LogP contribution in [0.5, 0.6) is 11.5 Å². The molecule has 2 aromatic rings. The Morgan fingerprint density at radius 2 is 1.52 bits per heavy atom. The minimum Gasteiger partial charge on any atom is -0.502 e. The molecule has 142 valence electrons. The van der Waals surface area contributed by atoms with Gasteiger partial charge in [0.2, 0.25) is 5.75 Å². The first-order chi connectivity index (χ1) is 12.4. The van der Waals surface area contributed by atoms with Crippen LogP contribution >= 0.6 is 0 Å². The number of nitro groups is 3. The Bertz CT molecular complexity index is 1080. The van der Waals surface area contributed by atoms with E-state index in [0.717, 1.165) is 18.2 Å². The number of rotatable bonds is 6. The van der Waals surface area contributed by atoms with Crippen LogP contribution in [-0.4, -0.2) is 28.3 Å². The zero-order chi connectivity index (χ0) is 20.5. The van der Waals surface area contributed by atoms with Crippen LogP contribution in [0.4, 0.5) is 17.1 Å². The average Bonchev–Trinajstić information content (AvgIpc) is 2.56. The first-order valence-electron chi connectivity index (χ1n) is 6.79. The molecule has 27 heavy (non-hydrogen) atoms. The maximum atomic E-state index is 12.4. The molecular formula is C13H9N3O10S. The van der Waals surface area contributed by atoms with Crippen LogP contribution in [-0.2, 0) is 10.1 Å². The lowest BCUT2D eigenvalue weighted by Crippen LogP contribution is -2.12. The molecule has 0 aliphatic rings. The third-order valence-electron chi connectivity index (χ3n) is 3.29. The summed E-state index contributed by atoms with van der Waals surface area (Å²) < 4.78 is 29.3. The van der Waals surface area contributed by atoms with Gasteiger partial charge < -0.3 is 9.29 Å². The number of nitro benzene ring substituents is 3. The molecule has 2 rings (SSSR count). The second kappa shape index (κ2) is 6.83. The van der Waals surface area contributed by atoms with Crippen molar-refractivity contribution in [2.45, 2.75) is 11.8 Å². The summed E-state index contributed by atoms with van der Waals surface area (Å²) in [6.07, 6.45) is 0. The predicted molar refractivity (Wildman–Crippen MR) is 87.1 cm³/mol. The summed E-state index contributed by atoms with van der Waals surface area (Å²) in [6, 6.07) is 3.41. The van der Waals surface area contributed by atoms with E-state index in [-0.39, 0.29) is 5.56 Å². The third kappa shape index (κ3) is 3.90. The molecule has 13 nitrogen and oxygen atoms in total. The Labute approximate surface area is 150 Å². The maximum absolute atomic E-state index is 12.4. The van der Waals surface area contributed by atoms with Gasteiger partial charge >= 0.3 is 21.5 Å². The SMILES string of the molecule is Cc1cc(S(=O)(=O)Oc2ccc([N+](=O)[O-])cc2[N+](=O)[O-])cc([N+](=O)[O-])c1O. The highest BCUT2D eigenvalue weighted by molar-refractivity contribution is 7.87. The van der Waals surface area contributed by atoms with Gasteiger partial charge in [0.25, 0.3) is 5.69 Å². The lowest BCUT2D eigenvalue weighted by Gasteiger charge is -2.09. The Kier molecular flexibility index (Phi) is 4.94. The molecule has 14 heteroatoms. The van der Waals surface area contributed by atoms with Crippen molar-refractivity contribution >= 4 is 27.2 Å². The molecule has 1 N–H and O–H groups in total. The maximum Gasteiger partial charge on any atom is 0.339 e.